The van der Waals surface area contributed by atoms with Crippen LogP contribution in [0.5, 0.6) is 0 Å². The summed E-state index contributed by atoms with van der Waals surface area (Å²) in [5.41, 5.74) is 0. The molecule has 1 unspecified atom stereocenters. The minimum atomic E-state index is -3.15. The average Bonchev–Trinajstić information content (AvgIpc) is 3.14. The first-order chi connectivity index (χ1) is 8.96. The third-order valence-corrected chi connectivity index (χ3v) is 5.25. The molecule has 2 rings (SSSR count). The number of likely N-dealkylation sites (N-methyl/N-ethyl adjacent to an activating group) is 2. The van der Waals surface area contributed by atoms with E-state index in [4.69, 9.17) is 0 Å². The van der Waals surface area contributed by atoms with Gasteiger partial charge in [-0.1, -0.05) is 0 Å². The highest BCUT2D eigenvalue weighted by atomic mass is 32.2. The fraction of sp³-hybridized carbons (Fsp3) is 1.00. The van der Waals surface area contributed by atoms with Crippen LogP contribution in [0.4, 0.5) is 0 Å². The lowest BCUT2D eigenvalue weighted by molar-refractivity contribution is 0.117. The molecule has 0 aromatic carbocycles. The van der Waals surface area contributed by atoms with Crippen molar-refractivity contribution in [1.82, 2.24) is 19.8 Å². The summed E-state index contributed by atoms with van der Waals surface area (Å²) in [4.78, 5) is 4.47. The minimum absolute atomic E-state index is 0.176. The molecule has 1 saturated carbocycles. The Bertz CT molecular complexity index is 383. The fourth-order valence-electron chi connectivity index (χ4n) is 2.30. The van der Waals surface area contributed by atoms with Crippen LogP contribution >= 0.6 is 0 Å². The van der Waals surface area contributed by atoms with Gasteiger partial charge in [-0.2, -0.15) is 0 Å². The lowest BCUT2D eigenvalue weighted by Gasteiger charge is -2.37. The van der Waals surface area contributed by atoms with Crippen molar-refractivity contribution in [2.24, 2.45) is 0 Å². The molecule has 19 heavy (non-hydrogen) atoms. The van der Waals surface area contributed by atoms with Gasteiger partial charge in [0.1, 0.15) is 0 Å². The Hall–Kier alpha value is -0.210. The van der Waals surface area contributed by atoms with E-state index in [9.17, 15) is 8.42 Å². The van der Waals surface area contributed by atoms with Gasteiger partial charge < -0.3 is 10.2 Å². The molecule has 6 nitrogen and oxygen atoms in total. The molecule has 1 aliphatic heterocycles. The van der Waals surface area contributed by atoms with Gasteiger partial charge in [-0.25, -0.2) is 13.1 Å². The molecular weight excluding hydrogens is 264 g/mol. The van der Waals surface area contributed by atoms with Crippen molar-refractivity contribution in [2.45, 2.75) is 24.9 Å². The molecule has 0 radical (unpaired) electrons. The average molecular weight is 290 g/mol. The predicted octanol–water partition coefficient (Wildman–Crippen LogP) is -1.10. The van der Waals surface area contributed by atoms with Gasteiger partial charge in [0.2, 0.25) is 10.0 Å². The molecule has 0 bridgehead atoms. The number of nitrogens with zero attached hydrogens (tertiary/aromatic N) is 2. The van der Waals surface area contributed by atoms with Gasteiger partial charge in [-0.3, -0.25) is 4.90 Å². The molecule has 1 saturated heterocycles. The Morgan fingerprint density at radius 2 is 1.95 bits per heavy atom. The van der Waals surface area contributed by atoms with Gasteiger partial charge in [0.15, 0.2) is 0 Å². The molecule has 1 aliphatic carbocycles. The fourth-order valence-corrected chi connectivity index (χ4v) is 3.28. The van der Waals surface area contributed by atoms with E-state index < -0.39 is 10.0 Å². The van der Waals surface area contributed by atoms with Crippen LogP contribution in [-0.4, -0.2) is 82.9 Å². The SMILES string of the molecule is CN1CCN(C)C(CNS(=O)(=O)CCNC2CC2)C1. The van der Waals surface area contributed by atoms with E-state index in [1.165, 1.54) is 12.8 Å². The summed E-state index contributed by atoms with van der Waals surface area (Å²) in [6, 6.07) is 0.832. The van der Waals surface area contributed by atoms with Gasteiger partial charge in [0.25, 0.3) is 0 Å². The van der Waals surface area contributed by atoms with Crippen LogP contribution in [-0.2, 0) is 10.0 Å². The van der Waals surface area contributed by atoms with Crippen molar-refractivity contribution < 1.29 is 8.42 Å². The summed E-state index contributed by atoms with van der Waals surface area (Å²) in [5, 5.41) is 3.23. The summed E-state index contributed by atoms with van der Waals surface area (Å²) < 4.78 is 26.5. The maximum Gasteiger partial charge on any atom is 0.212 e. The maximum absolute atomic E-state index is 11.9. The highest BCUT2D eigenvalue weighted by molar-refractivity contribution is 7.89. The molecule has 1 atom stereocenters. The van der Waals surface area contributed by atoms with Gasteiger partial charge in [-0.15, -0.1) is 0 Å². The Balaban J connectivity index is 1.69. The van der Waals surface area contributed by atoms with Gasteiger partial charge >= 0.3 is 0 Å². The molecular formula is C12H26N4O2S. The van der Waals surface area contributed by atoms with Crippen molar-refractivity contribution in [3.05, 3.63) is 0 Å². The van der Waals surface area contributed by atoms with Crippen LogP contribution in [0.3, 0.4) is 0 Å². The van der Waals surface area contributed by atoms with Crippen LogP contribution in [0.1, 0.15) is 12.8 Å². The van der Waals surface area contributed by atoms with E-state index in [-0.39, 0.29) is 11.8 Å². The zero-order valence-electron chi connectivity index (χ0n) is 11.9. The van der Waals surface area contributed by atoms with Crippen LogP contribution in [0, 0.1) is 0 Å². The van der Waals surface area contributed by atoms with E-state index in [0.29, 0.717) is 19.1 Å². The Morgan fingerprint density at radius 3 is 2.63 bits per heavy atom. The quantitative estimate of drug-likeness (QED) is 0.623. The number of hydrogen-bond acceptors (Lipinski definition) is 5. The van der Waals surface area contributed by atoms with E-state index in [1.54, 1.807) is 0 Å². The zero-order valence-corrected chi connectivity index (χ0v) is 12.7. The van der Waals surface area contributed by atoms with Crippen LogP contribution in [0.2, 0.25) is 0 Å². The minimum Gasteiger partial charge on any atom is -0.313 e. The monoisotopic (exact) mass is 290 g/mol. The standard InChI is InChI=1S/C12H26N4O2S/c1-15-6-7-16(2)12(10-15)9-14-19(17,18)8-5-13-11-3-4-11/h11-14H,3-10H2,1-2H3. The summed E-state index contributed by atoms with van der Waals surface area (Å²) in [7, 11) is 0.986. The van der Waals surface area contributed by atoms with Crippen LogP contribution in [0.15, 0.2) is 0 Å². The second kappa shape index (κ2) is 6.49. The van der Waals surface area contributed by atoms with Crippen molar-refractivity contribution in [3.63, 3.8) is 0 Å². The molecule has 2 N–H and O–H groups in total. The van der Waals surface area contributed by atoms with Crippen molar-refractivity contribution in [2.75, 3.05) is 52.6 Å². The third kappa shape index (κ3) is 5.35. The second-order valence-electron chi connectivity index (χ2n) is 5.79. The Morgan fingerprint density at radius 1 is 1.21 bits per heavy atom. The van der Waals surface area contributed by atoms with Gasteiger partial charge in [-0.05, 0) is 26.9 Å². The molecule has 0 aromatic heterocycles. The van der Waals surface area contributed by atoms with Gasteiger partial charge in [0.05, 0.1) is 5.75 Å². The smallest absolute Gasteiger partial charge is 0.212 e. The molecule has 0 spiro atoms. The lowest BCUT2D eigenvalue weighted by Crippen LogP contribution is -2.54. The number of sulfonamides is 1. The van der Waals surface area contributed by atoms with Gasteiger partial charge in [0, 0.05) is 44.8 Å². The molecule has 0 amide bonds. The highest BCUT2D eigenvalue weighted by Crippen LogP contribution is 2.18. The highest BCUT2D eigenvalue weighted by Gasteiger charge is 2.24. The summed E-state index contributed by atoms with van der Waals surface area (Å²) in [6.07, 6.45) is 2.37. The predicted molar refractivity (Wildman–Crippen MR) is 76.7 cm³/mol. The number of rotatable bonds is 7. The van der Waals surface area contributed by atoms with Crippen molar-refractivity contribution in [1.29, 1.82) is 0 Å². The molecule has 1 heterocycles. The van der Waals surface area contributed by atoms with Crippen LogP contribution in [0.25, 0.3) is 0 Å². The number of piperazine rings is 1. The summed E-state index contributed by atoms with van der Waals surface area (Å²) in [6.45, 7) is 4.02. The normalized spacial score (nSPS) is 26.7. The van der Waals surface area contributed by atoms with Crippen molar-refractivity contribution in [3.8, 4) is 0 Å². The Labute approximate surface area is 116 Å². The molecule has 2 aliphatic rings. The topological polar surface area (TPSA) is 64.7 Å². The molecule has 7 heteroatoms. The second-order valence-corrected chi connectivity index (χ2v) is 7.72. The molecule has 2 fully saturated rings. The largest absolute Gasteiger partial charge is 0.313 e. The van der Waals surface area contributed by atoms with E-state index in [2.05, 4.69) is 33.9 Å². The lowest BCUT2D eigenvalue weighted by atomic mass is 10.2. The van der Waals surface area contributed by atoms with E-state index in [1.807, 2.05) is 0 Å². The maximum atomic E-state index is 11.9. The number of nitrogens with one attached hydrogen (secondary N) is 2. The van der Waals surface area contributed by atoms with Crippen molar-refractivity contribution >= 4 is 10.0 Å². The molecule has 112 valence electrons. The first kappa shape index (κ1) is 15.2. The first-order valence-corrected chi connectivity index (χ1v) is 8.71. The van der Waals surface area contributed by atoms with E-state index >= 15 is 0 Å². The Kier molecular flexibility index (Phi) is 5.19. The first-order valence-electron chi connectivity index (χ1n) is 7.06. The summed E-state index contributed by atoms with van der Waals surface area (Å²) in [5.74, 6) is 0.176. The third-order valence-electron chi connectivity index (χ3n) is 3.90. The molecule has 0 aromatic rings. The zero-order chi connectivity index (χ0) is 13.9. The van der Waals surface area contributed by atoms with Crippen LogP contribution < -0.4 is 10.0 Å². The summed E-state index contributed by atoms with van der Waals surface area (Å²) >= 11 is 0. The number of hydrogen-bond donors (Lipinski definition) is 2. The van der Waals surface area contributed by atoms with E-state index in [0.717, 1.165) is 19.6 Å².